The maximum Gasteiger partial charge on any atom is 0.326 e. The summed E-state index contributed by atoms with van der Waals surface area (Å²) in [4.78, 5) is 29.5. The molecule has 7 heteroatoms. The molecule has 1 aromatic heterocycles. The van der Waals surface area contributed by atoms with Gasteiger partial charge in [0.1, 0.15) is 11.9 Å². The summed E-state index contributed by atoms with van der Waals surface area (Å²) >= 11 is 0. The van der Waals surface area contributed by atoms with E-state index < -0.39 is 18.0 Å². The third-order valence-electron chi connectivity index (χ3n) is 2.92. The number of carbonyl (C=O) groups excluding carboxylic acids is 1. The molecule has 4 N–H and O–H groups in total. The first-order valence-corrected chi connectivity index (χ1v) is 5.87. The van der Waals surface area contributed by atoms with E-state index in [1.165, 1.54) is 0 Å². The molecule has 7 nitrogen and oxygen atoms in total. The summed E-state index contributed by atoms with van der Waals surface area (Å²) in [5, 5.41) is 14.1. The zero-order valence-corrected chi connectivity index (χ0v) is 10.0. The second-order valence-electron chi connectivity index (χ2n) is 4.47. The van der Waals surface area contributed by atoms with E-state index in [0.717, 1.165) is 12.8 Å². The SMILES string of the molecule is CC(NC(=O)NC(C(=O)O)C1CC1)c1ncc[nH]1. The maximum atomic E-state index is 11.7. The quantitative estimate of drug-likeness (QED) is 0.616. The molecule has 2 rings (SSSR count). The van der Waals surface area contributed by atoms with Gasteiger partial charge >= 0.3 is 12.0 Å². The highest BCUT2D eigenvalue weighted by atomic mass is 16.4. The van der Waals surface area contributed by atoms with Crippen LogP contribution in [0.5, 0.6) is 0 Å². The fourth-order valence-electron chi connectivity index (χ4n) is 1.77. The number of carbonyl (C=O) groups is 2. The highest BCUT2D eigenvalue weighted by Crippen LogP contribution is 2.32. The van der Waals surface area contributed by atoms with Gasteiger partial charge in [0.05, 0.1) is 6.04 Å². The maximum absolute atomic E-state index is 11.7. The van der Waals surface area contributed by atoms with Crippen LogP contribution in [0.3, 0.4) is 0 Å². The van der Waals surface area contributed by atoms with Gasteiger partial charge in [-0.05, 0) is 25.7 Å². The van der Waals surface area contributed by atoms with E-state index in [1.54, 1.807) is 19.3 Å². The fourth-order valence-corrected chi connectivity index (χ4v) is 1.77. The van der Waals surface area contributed by atoms with Gasteiger partial charge in [0.2, 0.25) is 0 Å². The van der Waals surface area contributed by atoms with Crippen molar-refractivity contribution in [3.8, 4) is 0 Å². The predicted molar refractivity (Wildman–Crippen MR) is 62.8 cm³/mol. The summed E-state index contributed by atoms with van der Waals surface area (Å²) in [5.41, 5.74) is 0. The summed E-state index contributed by atoms with van der Waals surface area (Å²) in [6.45, 7) is 1.77. The lowest BCUT2D eigenvalue weighted by Gasteiger charge is -2.16. The monoisotopic (exact) mass is 252 g/mol. The summed E-state index contributed by atoms with van der Waals surface area (Å²) in [7, 11) is 0. The number of aliphatic carboxylic acids is 1. The number of hydrogen-bond donors (Lipinski definition) is 4. The van der Waals surface area contributed by atoms with E-state index in [9.17, 15) is 9.59 Å². The molecule has 2 unspecified atom stereocenters. The van der Waals surface area contributed by atoms with Crippen LogP contribution in [-0.2, 0) is 4.79 Å². The van der Waals surface area contributed by atoms with Gasteiger partial charge in [0.25, 0.3) is 0 Å². The van der Waals surface area contributed by atoms with Gasteiger partial charge < -0.3 is 20.7 Å². The van der Waals surface area contributed by atoms with Crippen LogP contribution < -0.4 is 10.6 Å². The van der Waals surface area contributed by atoms with Gasteiger partial charge in [-0.2, -0.15) is 0 Å². The van der Waals surface area contributed by atoms with Crippen molar-refractivity contribution in [1.29, 1.82) is 0 Å². The Kier molecular flexibility index (Phi) is 3.50. The third-order valence-corrected chi connectivity index (χ3v) is 2.92. The highest BCUT2D eigenvalue weighted by Gasteiger charge is 2.37. The first kappa shape index (κ1) is 12.4. The largest absolute Gasteiger partial charge is 0.480 e. The Morgan fingerprint density at radius 3 is 2.72 bits per heavy atom. The van der Waals surface area contributed by atoms with Crippen LogP contribution >= 0.6 is 0 Å². The molecule has 2 amide bonds. The standard InChI is InChI=1S/C11H16N4O3/c1-6(9-12-4-5-13-9)14-11(18)15-8(10(16)17)7-2-3-7/h4-8H,2-3H2,1H3,(H,12,13)(H,16,17)(H2,14,15,18). The van der Waals surface area contributed by atoms with E-state index in [-0.39, 0.29) is 12.0 Å². The first-order chi connectivity index (χ1) is 8.58. The molecule has 0 spiro atoms. The molecule has 18 heavy (non-hydrogen) atoms. The third kappa shape index (κ3) is 2.99. The Bertz CT molecular complexity index is 428. The van der Waals surface area contributed by atoms with Crippen molar-refractivity contribution in [1.82, 2.24) is 20.6 Å². The molecule has 0 aromatic carbocycles. The summed E-state index contributed by atoms with van der Waals surface area (Å²) < 4.78 is 0. The molecule has 0 saturated heterocycles. The van der Waals surface area contributed by atoms with E-state index in [1.807, 2.05) is 0 Å². The molecule has 0 aliphatic heterocycles. The van der Waals surface area contributed by atoms with E-state index in [2.05, 4.69) is 20.6 Å². The molecular weight excluding hydrogens is 236 g/mol. The molecule has 0 bridgehead atoms. The van der Waals surface area contributed by atoms with Gasteiger partial charge in [-0.25, -0.2) is 14.6 Å². The molecular formula is C11H16N4O3. The average molecular weight is 252 g/mol. The van der Waals surface area contributed by atoms with Crippen molar-refractivity contribution in [3.63, 3.8) is 0 Å². The van der Waals surface area contributed by atoms with Crippen molar-refractivity contribution in [2.45, 2.75) is 31.8 Å². The molecule has 98 valence electrons. The number of nitrogens with one attached hydrogen (secondary N) is 3. The summed E-state index contributed by atoms with van der Waals surface area (Å²) in [6.07, 6.45) is 4.96. The lowest BCUT2D eigenvalue weighted by atomic mass is 10.2. The molecule has 1 aliphatic rings. The lowest BCUT2D eigenvalue weighted by Crippen LogP contribution is -2.47. The number of H-pyrrole nitrogens is 1. The van der Waals surface area contributed by atoms with Gasteiger partial charge in [-0.15, -0.1) is 0 Å². The lowest BCUT2D eigenvalue weighted by molar-refractivity contribution is -0.139. The van der Waals surface area contributed by atoms with Crippen molar-refractivity contribution >= 4 is 12.0 Å². The smallest absolute Gasteiger partial charge is 0.326 e. The number of aromatic nitrogens is 2. The van der Waals surface area contributed by atoms with E-state index in [0.29, 0.717) is 5.82 Å². The van der Waals surface area contributed by atoms with Gasteiger partial charge in [-0.1, -0.05) is 0 Å². The topological polar surface area (TPSA) is 107 Å². The number of rotatable bonds is 5. The van der Waals surface area contributed by atoms with Crippen LogP contribution in [0, 0.1) is 5.92 Å². The van der Waals surface area contributed by atoms with Crippen LogP contribution in [0.1, 0.15) is 31.6 Å². The molecule has 1 saturated carbocycles. The minimum atomic E-state index is -0.988. The van der Waals surface area contributed by atoms with Crippen molar-refractivity contribution in [2.24, 2.45) is 5.92 Å². The number of aromatic amines is 1. The van der Waals surface area contributed by atoms with Gasteiger partial charge in [-0.3, -0.25) is 0 Å². The van der Waals surface area contributed by atoms with Crippen molar-refractivity contribution in [2.75, 3.05) is 0 Å². The Morgan fingerprint density at radius 2 is 2.22 bits per heavy atom. The number of nitrogens with zero attached hydrogens (tertiary/aromatic N) is 1. The van der Waals surface area contributed by atoms with Crippen molar-refractivity contribution < 1.29 is 14.7 Å². The van der Waals surface area contributed by atoms with Crippen LogP contribution in [0.2, 0.25) is 0 Å². The number of amides is 2. The van der Waals surface area contributed by atoms with Crippen molar-refractivity contribution in [3.05, 3.63) is 18.2 Å². The fraction of sp³-hybridized carbons (Fsp3) is 0.545. The molecule has 1 aliphatic carbocycles. The van der Waals surface area contributed by atoms with Gasteiger partial charge in [0.15, 0.2) is 0 Å². The number of imidazole rings is 1. The Hall–Kier alpha value is -2.05. The zero-order chi connectivity index (χ0) is 13.1. The molecule has 1 heterocycles. The number of urea groups is 1. The van der Waals surface area contributed by atoms with Crippen LogP contribution in [-0.4, -0.2) is 33.1 Å². The Labute approximate surface area is 104 Å². The second-order valence-corrected chi connectivity index (χ2v) is 4.47. The Balaban J connectivity index is 1.86. The minimum absolute atomic E-state index is 0.0622. The summed E-state index contributed by atoms with van der Waals surface area (Å²) in [6, 6.07) is -1.58. The predicted octanol–water partition coefficient (Wildman–Crippen LogP) is 0.633. The number of hydrogen-bond acceptors (Lipinski definition) is 3. The molecule has 1 aromatic rings. The number of carboxylic acids is 1. The van der Waals surface area contributed by atoms with Gasteiger partial charge in [0, 0.05) is 12.4 Å². The van der Waals surface area contributed by atoms with Crippen LogP contribution in [0.4, 0.5) is 4.79 Å². The molecule has 2 atom stereocenters. The normalized spacial score (nSPS) is 17.8. The van der Waals surface area contributed by atoms with Crippen LogP contribution in [0.25, 0.3) is 0 Å². The summed E-state index contributed by atoms with van der Waals surface area (Å²) in [5.74, 6) is -0.297. The first-order valence-electron chi connectivity index (χ1n) is 5.87. The highest BCUT2D eigenvalue weighted by molar-refractivity contribution is 5.83. The van der Waals surface area contributed by atoms with E-state index in [4.69, 9.17) is 5.11 Å². The number of carboxylic acid groups (broad SMARTS) is 1. The Morgan fingerprint density at radius 1 is 1.50 bits per heavy atom. The zero-order valence-electron chi connectivity index (χ0n) is 10.0. The average Bonchev–Trinajstić information content (AvgIpc) is 2.98. The minimum Gasteiger partial charge on any atom is -0.480 e. The molecule has 0 radical (unpaired) electrons. The second kappa shape index (κ2) is 5.07. The van der Waals surface area contributed by atoms with Crippen LogP contribution in [0.15, 0.2) is 12.4 Å². The molecule has 1 fully saturated rings. The van der Waals surface area contributed by atoms with E-state index >= 15 is 0 Å².